The molecule has 0 bridgehead atoms. The van der Waals surface area contributed by atoms with Gasteiger partial charge in [-0.2, -0.15) is 0 Å². The van der Waals surface area contributed by atoms with Gasteiger partial charge in [-0.3, -0.25) is 0 Å². The van der Waals surface area contributed by atoms with Gasteiger partial charge in [0.25, 0.3) is 0 Å². The van der Waals surface area contributed by atoms with Gasteiger partial charge >= 0.3 is 0 Å². The summed E-state index contributed by atoms with van der Waals surface area (Å²) in [5, 5.41) is 3.23. The first kappa shape index (κ1) is 13.3. The van der Waals surface area contributed by atoms with Crippen LogP contribution in [0.25, 0.3) is 0 Å². The molecular formula is C13H18BrNO. The molecule has 0 spiro atoms. The van der Waals surface area contributed by atoms with E-state index in [9.17, 15) is 0 Å². The minimum absolute atomic E-state index is 0.146. The number of benzene rings is 1. The molecule has 3 heteroatoms. The SMILES string of the molecule is C=CCNCC(C)Oc1cc(Br)ccc1C. The predicted octanol–water partition coefficient (Wildman–Crippen LogP) is 3.30. The van der Waals surface area contributed by atoms with Crippen LogP contribution in [0.15, 0.2) is 35.3 Å². The molecule has 0 heterocycles. The van der Waals surface area contributed by atoms with Crippen molar-refractivity contribution in [3.63, 3.8) is 0 Å². The molecule has 1 rings (SSSR count). The summed E-state index contributed by atoms with van der Waals surface area (Å²) in [6, 6.07) is 6.06. The molecular weight excluding hydrogens is 266 g/mol. The van der Waals surface area contributed by atoms with E-state index in [0.29, 0.717) is 0 Å². The van der Waals surface area contributed by atoms with E-state index in [1.807, 2.05) is 31.2 Å². The van der Waals surface area contributed by atoms with Gasteiger partial charge in [-0.25, -0.2) is 0 Å². The molecule has 88 valence electrons. The van der Waals surface area contributed by atoms with Crippen LogP contribution in [0, 0.1) is 6.92 Å². The Morgan fingerprint density at radius 1 is 1.56 bits per heavy atom. The van der Waals surface area contributed by atoms with E-state index in [4.69, 9.17) is 4.74 Å². The molecule has 1 unspecified atom stereocenters. The van der Waals surface area contributed by atoms with Crippen molar-refractivity contribution in [2.45, 2.75) is 20.0 Å². The fourth-order valence-corrected chi connectivity index (χ4v) is 1.69. The van der Waals surface area contributed by atoms with Crippen LogP contribution in [0.4, 0.5) is 0 Å². The Hall–Kier alpha value is -0.800. The number of ether oxygens (including phenoxy) is 1. The van der Waals surface area contributed by atoms with Gasteiger partial charge < -0.3 is 10.1 Å². The van der Waals surface area contributed by atoms with Crippen molar-refractivity contribution in [3.8, 4) is 5.75 Å². The average molecular weight is 284 g/mol. The smallest absolute Gasteiger partial charge is 0.123 e. The quantitative estimate of drug-likeness (QED) is 0.639. The van der Waals surface area contributed by atoms with E-state index in [2.05, 4.69) is 34.7 Å². The van der Waals surface area contributed by atoms with E-state index >= 15 is 0 Å². The molecule has 0 saturated heterocycles. The van der Waals surface area contributed by atoms with E-state index < -0.39 is 0 Å². The van der Waals surface area contributed by atoms with Gasteiger partial charge in [0.2, 0.25) is 0 Å². The molecule has 1 aromatic rings. The Balaban J connectivity index is 2.51. The van der Waals surface area contributed by atoms with Crippen LogP contribution in [0.5, 0.6) is 5.75 Å². The molecule has 1 aromatic carbocycles. The Labute approximate surface area is 106 Å². The van der Waals surface area contributed by atoms with Crippen molar-refractivity contribution < 1.29 is 4.74 Å². The lowest BCUT2D eigenvalue weighted by molar-refractivity contribution is 0.217. The van der Waals surface area contributed by atoms with Crippen LogP contribution < -0.4 is 10.1 Å². The summed E-state index contributed by atoms with van der Waals surface area (Å²) in [5.41, 5.74) is 1.15. The molecule has 2 nitrogen and oxygen atoms in total. The highest BCUT2D eigenvalue weighted by Crippen LogP contribution is 2.23. The van der Waals surface area contributed by atoms with Crippen molar-refractivity contribution >= 4 is 15.9 Å². The largest absolute Gasteiger partial charge is 0.489 e. The third kappa shape index (κ3) is 4.37. The molecule has 0 fully saturated rings. The lowest BCUT2D eigenvalue weighted by Gasteiger charge is -2.16. The fraction of sp³-hybridized carbons (Fsp3) is 0.385. The Kier molecular flexibility index (Phi) is 5.56. The fourth-order valence-electron chi connectivity index (χ4n) is 1.35. The van der Waals surface area contributed by atoms with E-state index in [-0.39, 0.29) is 6.10 Å². The summed E-state index contributed by atoms with van der Waals surface area (Å²) in [6.07, 6.45) is 1.99. The highest BCUT2D eigenvalue weighted by molar-refractivity contribution is 9.10. The summed E-state index contributed by atoms with van der Waals surface area (Å²) in [7, 11) is 0. The van der Waals surface area contributed by atoms with Crippen LogP contribution in [0.3, 0.4) is 0 Å². The number of hydrogen-bond donors (Lipinski definition) is 1. The summed E-state index contributed by atoms with van der Waals surface area (Å²) in [6.45, 7) is 9.39. The molecule has 0 radical (unpaired) electrons. The zero-order chi connectivity index (χ0) is 12.0. The van der Waals surface area contributed by atoms with Gasteiger partial charge in [-0.05, 0) is 31.5 Å². The maximum absolute atomic E-state index is 5.85. The maximum atomic E-state index is 5.85. The first-order chi connectivity index (χ1) is 7.63. The van der Waals surface area contributed by atoms with Crippen LogP contribution in [0.1, 0.15) is 12.5 Å². The van der Waals surface area contributed by atoms with Gasteiger partial charge in [0.05, 0.1) is 0 Å². The van der Waals surface area contributed by atoms with Gasteiger partial charge in [-0.15, -0.1) is 6.58 Å². The summed E-state index contributed by atoms with van der Waals surface area (Å²) in [4.78, 5) is 0. The Morgan fingerprint density at radius 2 is 2.31 bits per heavy atom. The second kappa shape index (κ2) is 6.71. The summed E-state index contributed by atoms with van der Waals surface area (Å²) < 4.78 is 6.89. The van der Waals surface area contributed by atoms with Crippen LogP contribution in [0.2, 0.25) is 0 Å². The second-order valence-corrected chi connectivity index (χ2v) is 4.70. The number of nitrogens with one attached hydrogen (secondary N) is 1. The Morgan fingerprint density at radius 3 is 3.00 bits per heavy atom. The van der Waals surface area contributed by atoms with Crippen molar-refractivity contribution in [2.24, 2.45) is 0 Å². The lowest BCUT2D eigenvalue weighted by Crippen LogP contribution is -2.29. The van der Waals surface area contributed by atoms with Crippen molar-refractivity contribution in [2.75, 3.05) is 13.1 Å². The number of hydrogen-bond acceptors (Lipinski definition) is 2. The van der Waals surface area contributed by atoms with E-state index in [0.717, 1.165) is 28.9 Å². The van der Waals surface area contributed by atoms with E-state index in [1.54, 1.807) is 0 Å². The zero-order valence-corrected chi connectivity index (χ0v) is 11.4. The van der Waals surface area contributed by atoms with E-state index in [1.165, 1.54) is 0 Å². The molecule has 0 saturated carbocycles. The van der Waals surface area contributed by atoms with Gasteiger partial charge in [0.15, 0.2) is 0 Å². The molecule has 0 aliphatic rings. The third-order valence-electron chi connectivity index (χ3n) is 2.20. The van der Waals surface area contributed by atoms with Crippen LogP contribution in [-0.4, -0.2) is 19.2 Å². The average Bonchev–Trinajstić information content (AvgIpc) is 2.24. The normalized spacial score (nSPS) is 12.2. The molecule has 16 heavy (non-hydrogen) atoms. The van der Waals surface area contributed by atoms with Gasteiger partial charge in [-0.1, -0.05) is 28.1 Å². The Bertz CT molecular complexity index is 352. The van der Waals surface area contributed by atoms with Gasteiger partial charge in [0, 0.05) is 17.6 Å². The minimum Gasteiger partial charge on any atom is -0.489 e. The third-order valence-corrected chi connectivity index (χ3v) is 2.69. The number of rotatable bonds is 6. The first-order valence-electron chi connectivity index (χ1n) is 5.38. The predicted molar refractivity (Wildman–Crippen MR) is 72.0 cm³/mol. The van der Waals surface area contributed by atoms with Crippen molar-refractivity contribution in [3.05, 3.63) is 40.9 Å². The minimum atomic E-state index is 0.146. The molecule has 0 aromatic heterocycles. The molecule has 1 N–H and O–H groups in total. The van der Waals surface area contributed by atoms with Crippen molar-refractivity contribution in [1.82, 2.24) is 5.32 Å². The molecule has 0 aliphatic carbocycles. The highest BCUT2D eigenvalue weighted by atomic mass is 79.9. The standard InChI is InChI=1S/C13H18BrNO/c1-4-7-15-9-11(3)16-13-8-12(14)6-5-10(13)2/h4-6,8,11,15H,1,7,9H2,2-3H3. The summed E-state index contributed by atoms with van der Waals surface area (Å²) >= 11 is 3.44. The molecule has 0 aliphatic heterocycles. The first-order valence-corrected chi connectivity index (χ1v) is 6.17. The topological polar surface area (TPSA) is 21.3 Å². The maximum Gasteiger partial charge on any atom is 0.123 e. The van der Waals surface area contributed by atoms with Crippen molar-refractivity contribution in [1.29, 1.82) is 0 Å². The highest BCUT2D eigenvalue weighted by Gasteiger charge is 2.06. The molecule has 1 atom stereocenters. The second-order valence-electron chi connectivity index (χ2n) is 3.79. The molecule has 0 amide bonds. The number of aryl methyl sites for hydroxylation is 1. The van der Waals surface area contributed by atoms with Crippen LogP contribution >= 0.6 is 15.9 Å². The zero-order valence-electron chi connectivity index (χ0n) is 9.79. The lowest BCUT2D eigenvalue weighted by atomic mass is 10.2. The number of halogens is 1. The van der Waals surface area contributed by atoms with Crippen LogP contribution in [-0.2, 0) is 0 Å². The summed E-state index contributed by atoms with van der Waals surface area (Å²) in [5.74, 6) is 0.933. The van der Waals surface area contributed by atoms with Gasteiger partial charge in [0.1, 0.15) is 11.9 Å². The monoisotopic (exact) mass is 283 g/mol.